The van der Waals surface area contributed by atoms with Crippen LogP contribution < -0.4 is 5.09 Å². The molecule has 2 aliphatic heterocycles. The Morgan fingerprint density at radius 3 is 1.26 bits per heavy atom. The molecule has 1 N–H and O–H groups in total. The summed E-state index contributed by atoms with van der Waals surface area (Å²) in [6, 6.07) is 25.7. The molecular formula is C38H43F4N4P. The molecule has 1 fully saturated rings. The topological polar surface area (TPSA) is 30.9 Å². The van der Waals surface area contributed by atoms with Gasteiger partial charge in [0.1, 0.15) is 28.8 Å². The first-order valence-electron chi connectivity index (χ1n) is 16.3. The summed E-state index contributed by atoms with van der Waals surface area (Å²) in [7, 11) is 1.31. The van der Waals surface area contributed by atoms with Gasteiger partial charge >= 0.3 is 0 Å². The molecule has 0 saturated carbocycles. The van der Waals surface area contributed by atoms with E-state index in [1.165, 1.54) is 48.5 Å². The largest absolute Gasteiger partial charge is 0.244 e. The highest BCUT2D eigenvalue weighted by Gasteiger charge is 2.64. The third-order valence-electron chi connectivity index (χ3n) is 9.94. The van der Waals surface area contributed by atoms with E-state index in [9.17, 15) is 17.6 Å². The van der Waals surface area contributed by atoms with Gasteiger partial charge in [0, 0.05) is 6.04 Å². The van der Waals surface area contributed by atoms with Crippen LogP contribution >= 0.6 is 7.51 Å². The Morgan fingerprint density at radius 2 is 0.894 bits per heavy atom. The molecule has 0 amide bonds. The third-order valence-corrected chi connectivity index (χ3v) is 13.5. The predicted molar refractivity (Wildman–Crippen MR) is 182 cm³/mol. The fourth-order valence-corrected chi connectivity index (χ4v) is 11.9. The highest BCUT2D eigenvalue weighted by atomic mass is 31.2. The number of hydrogen-bond donors (Lipinski definition) is 1. The Morgan fingerprint density at radius 1 is 0.574 bits per heavy atom. The smallest absolute Gasteiger partial charge is 0.167 e. The number of halogens is 4. The highest BCUT2D eigenvalue weighted by molar-refractivity contribution is 7.60. The van der Waals surface area contributed by atoms with E-state index in [1.807, 2.05) is 24.3 Å². The summed E-state index contributed by atoms with van der Waals surface area (Å²) in [6.45, 7) is 8.70. The second kappa shape index (κ2) is 12.6. The van der Waals surface area contributed by atoms with E-state index in [4.69, 9.17) is 4.74 Å². The van der Waals surface area contributed by atoms with E-state index in [1.54, 1.807) is 24.3 Å². The minimum absolute atomic E-state index is 0.171. The molecule has 47 heavy (non-hydrogen) atoms. The van der Waals surface area contributed by atoms with Crippen LogP contribution in [0.15, 0.2) is 102 Å². The standard InChI is InChI=1S/C38H43F4N4P/c1-25(2)23-35-37(27-7-15-31(39)16-8-27,28-9-17-32(40)18-10-28)43-47(45(35)5)44-38(29-11-19-33(41)20-12-29,30-13-21-34(42)22-14-30)36(46(47)6)24-26(3)4/h7-22,25-26,35-36,43H,23-24H2,1-6H3/t35-,36-,47?/m0/s1. The van der Waals surface area contributed by atoms with Gasteiger partial charge in [0.05, 0.1) is 11.6 Å². The molecule has 0 aliphatic carbocycles. The molecule has 248 valence electrons. The summed E-state index contributed by atoms with van der Waals surface area (Å²) in [5.41, 5.74) is 1.46. The first-order valence-corrected chi connectivity index (χ1v) is 17.9. The molecular weight excluding hydrogens is 619 g/mol. The lowest BCUT2D eigenvalue weighted by molar-refractivity contribution is 0.242. The lowest BCUT2D eigenvalue weighted by atomic mass is 9.75. The van der Waals surface area contributed by atoms with Gasteiger partial charge in [0.15, 0.2) is 7.51 Å². The fourth-order valence-electron chi connectivity index (χ4n) is 7.81. The van der Waals surface area contributed by atoms with Crippen molar-refractivity contribution in [3.8, 4) is 0 Å². The predicted octanol–water partition coefficient (Wildman–Crippen LogP) is 9.69. The average molecular weight is 663 g/mol. The fraction of sp³-hybridized carbons (Fsp3) is 0.368. The molecule has 1 saturated heterocycles. The van der Waals surface area contributed by atoms with Gasteiger partial charge in [-0.2, -0.15) is 0 Å². The molecule has 0 radical (unpaired) electrons. The summed E-state index contributed by atoms with van der Waals surface area (Å²) in [6.07, 6.45) is 1.51. The van der Waals surface area contributed by atoms with Crippen molar-refractivity contribution in [1.29, 1.82) is 0 Å². The SMILES string of the molecule is CC(C)C[C@@H]1N(C)P2(=NC1(c1ccc(F)cc1)c1ccc(F)cc1)NC(c1ccc(F)cc1)(c1ccc(F)cc1)[C@H](CC(C)C)N2C. The summed E-state index contributed by atoms with van der Waals surface area (Å²) in [4.78, 5) is 0. The van der Waals surface area contributed by atoms with Crippen LogP contribution in [0.1, 0.15) is 62.8 Å². The molecule has 1 unspecified atom stereocenters. The minimum atomic E-state index is -2.89. The van der Waals surface area contributed by atoms with E-state index < -0.39 is 18.6 Å². The zero-order chi connectivity index (χ0) is 33.7. The molecule has 6 rings (SSSR count). The first kappa shape index (κ1) is 33.6. The summed E-state index contributed by atoms with van der Waals surface area (Å²) >= 11 is 0. The average Bonchev–Trinajstić information content (AvgIpc) is 3.42. The van der Waals surface area contributed by atoms with Crippen LogP contribution in [0.25, 0.3) is 0 Å². The Bertz CT molecular complexity index is 1660. The van der Waals surface area contributed by atoms with E-state index in [0.717, 1.165) is 35.1 Å². The molecule has 4 aromatic carbocycles. The second-order valence-electron chi connectivity index (χ2n) is 13.8. The van der Waals surface area contributed by atoms with E-state index >= 15 is 0 Å². The number of likely N-dealkylation sites (N-methyl/N-ethyl adjacent to an activating group) is 2. The Balaban J connectivity index is 1.71. The third kappa shape index (κ3) is 5.57. The van der Waals surface area contributed by atoms with Crippen LogP contribution in [-0.4, -0.2) is 35.5 Å². The molecule has 4 aromatic rings. The van der Waals surface area contributed by atoms with Gasteiger partial charge in [-0.15, -0.1) is 0 Å². The number of nitrogens with zero attached hydrogens (tertiary/aromatic N) is 3. The number of rotatable bonds is 8. The van der Waals surface area contributed by atoms with Crippen molar-refractivity contribution < 1.29 is 17.6 Å². The van der Waals surface area contributed by atoms with Gasteiger partial charge in [-0.3, -0.25) is 0 Å². The van der Waals surface area contributed by atoms with Crippen molar-refractivity contribution in [3.05, 3.63) is 143 Å². The van der Waals surface area contributed by atoms with Gasteiger partial charge in [0.2, 0.25) is 0 Å². The van der Waals surface area contributed by atoms with Gasteiger partial charge in [-0.25, -0.2) is 36.7 Å². The Kier molecular flexibility index (Phi) is 9.03. The quantitative estimate of drug-likeness (QED) is 0.151. The number of benzene rings is 4. The first-order chi connectivity index (χ1) is 22.3. The summed E-state index contributed by atoms with van der Waals surface area (Å²) < 4.78 is 68.5. The number of nitrogens with one attached hydrogen (secondary N) is 1. The maximum atomic E-state index is 14.4. The van der Waals surface area contributed by atoms with Crippen LogP contribution in [0.2, 0.25) is 0 Å². The molecule has 4 nitrogen and oxygen atoms in total. The Labute approximate surface area is 276 Å². The van der Waals surface area contributed by atoms with Crippen LogP contribution in [0, 0.1) is 35.1 Å². The summed E-state index contributed by atoms with van der Waals surface area (Å²) in [5.74, 6) is -0.829. The van der Waals surface area contributed by atoms with Crippen LogP contribution in [0.4, 0.5) is 17.6 Å². The molecule has 0 bridgehead atoms. The molecule has 1 spiro atoms. The zero-order valence-electron chi connectivity index (χ0n) is 27.8. The molecule has 9 heteroatoms. The van der Waals surface area contributed by atoms with E-state index in [0.29, 0.717) is 0 Å². The van der Waals surface area contributed by atoms with Gasteiger partial charge in [-0.1, -0.05) is 76.2 Å². The maximum absolute atomic E-state index is 14.4. The Hall–Kier alpha value is -3.29. The van der Waals surface area contributed by atoms with Crippen LogP contribution in [-0.2, 0) is 11.1 Å². The monoisotopic (exact) mass is 662 g/mol. The van der Waals surface area contributed by atoms with Crippen molar-refractivity contribution in [2.24, 2.45) is 16.6 Å². The summed E-state index contributed by atoms with van der Waals surface area (Å²) in [5, 5.41) is 4.13. The lowest BCUT2D eigenvalue weighted by Crippen LogP contribution is -2.48. The molecule has 3 atom stereocenters. The number of hydrogen-bond acceptors (Lipinski definition) is 4. The lowest BCUT2D eigenvalue weighted by Gasteiger charge is -2.39. The van der Waals surface area contributed by atoms with Crippen molar-refractivity contribution in [2.75, 3.05) is 14.1 Å². The van der Waals surface area contributed by atoms with Gasteiger partial charge in [0.25, 0.3) is 0 Å². The van der Waals surface area contributed by atoms with Crippen molar-refractivity contribution in [3.63, 3.8) is 0 Å². The van der Waals surface area contributed by atoms with Crippen molar-refractivity contribution in [1.82, 2.24) is 14.4 Å². The maximum Gasteiger partial charge on any atom is 0.167 e. The second-order valence-corrected chi connectivity index (χ2v) is 16.6. The molecule has 2 heterocycles. The molecule has 0 aromatic heterocycles. The van der Waals surface area contributed by atoms with E-state index in [2.05, 4.69) is 56.2 Å². The minimum Gasteiger partial charge on any atom is -0.244 e. The van der Waals surface area contributed by atoms with Crippen LogP contribution in [0.5, 0.6) is 0 Å². The van der Waals surface area contributed by atoms with E-state index in [-0.39, 0.29) is 47.2 Å². The van der Waals surface area contributed by atoms with Crippen molar-refractivity contribution >= 4 is 7.51 Å². The van der Waals surface area contributed by atoms with Gasteiger partial charge in [-0.05, 0) is 110 Å². The van der Waals surface area contributed by atoms with Gasteiger partial charge < -0.3 is 0 Å². The zero-order valence-corrected chi connectivity index (χ0v) is 28.7. The van der Waals surface area contributed by atoms with Crippen LogP contribution in [0.3, 0.4) is 0 Å². The van der Waals surface area contributed by atoms with Crippen molar-refractivity contribution in [2.45, 2.75) is 63.7 Å². The molecule has 2 aliphatic rings. The normalized spacial score (nSPS) is 24.0. The highest BCUT2D eigenvalue weighted by Crippen LogP contribution is 2.72.